The van der Waals surface area contributed by atoms with E-state index in [2.05, 4.69) is 15.2 Å². The summed E-state index contributed by atoms with van der Waals surface area (Å²) in [6, 6.07) is 4.09. The fourth-order valence-corrected chi connectivity index (χ4v) is 2.73. The third-order valence-electron chi connectivity index (χ3n) is 3.89. The Morgan fingerprint density at radius 3 is 2.85 bits per heavy atom. The van der Waals surface area contributed by atoms with Crippen LogP contribution in [-0.2, 0) is 14.3 Å². The van der Waals surface area contributed by atoms with E-state index in [9.17, 15) is 19.2 Å². The molecule has 1 unspecified atom stereocenters. The lowest BCUT2D eigenvalue weighted by atomic mass is 10.1. The van der Waals surface area contributed by atoms with Gasteiger partial charge in [-0.05, 0) is 12.5 Å². The lowest BCUT2D eigenvalue weighted by Gasteiger charge is -2.22. The number of carbonyl (C=O) groups is 3. The van der Waals surface area contributed by atoms with Gasteiger partial charge in [-0.25, -0.2) is 9.48 Å². The smallest absolute Gasteiger partial charge is 0.404 e. The number of fused-ring (bicyclic) bond motifs is 1. The normalized spacial score (nSPS) is 17.0. The number of rotatable bonds is 5. The fourth-order valence-electron chi connectivity index (χ4n) is 2.73. The second-order valence-electron chi connectivity index (χ2n) is 5.60. The molecule has 3 N–H and O–H groups in total. The van der Waals surface area contributed by atoms with E-state index >= 15 is 0 Å². The second kappa shape index (κ2) is 7.21. The number of nitrogens with two attached hydrogens (primary N) is 1. The quantitative estimate of drug-likeness (QED) is 0.557. The molecule has 2 aromatic rings. The summed E-state index contributed by atoms with van der Waals surface area (Å²) in [7, 11) is 0. The summed E-state index contributed by atoms with van der Waals surface area (Å²) in [6.45, 7) is -0.0691. The Bertz CT molecular complexity index is 938. The number of imide groups is 1. The first-order chi connectivity index (χ1) is 12.5. The zero-order chi connectivity index (χ0) is 18.7. The highest BCUT2D eigenvalue weighted by Gasteiger charge is 2.30. The van der Waals surface area contributed by atoms with Gasteiger partial charge in [-0.3, -0.25) is 19.7 Å². The van der Waals surface area contributed by atoms with E-state index in [-0.39, 0.29) is 43.1 Å². The molecule has 10 nitrogen and oxygen atoms in total. The largest absolute Gasteiger partial charge is 0.489 e. The number of benzene rings is 1. The molecule has 1 aromatic carbocycles. The van der Waals surface area contributed by atoms with Crippen LogP contribution in [0.25, 0.3) is 10.8 Å². The minimum absolute atomic E-state index is 0.00221. The summed E-state index contributed by atoms with van der Waals surface area (Å²) in [5, 5.41) is 7.03. The van der Waals surface area contributed by atoms with E-state index in [0.29, 0.717) is 5.39 Å². The van der Waals surface area contributed by atoms with Crippen LogP contribution in [0.5, 0.6) is 5.75 Å². The fraction of sp³-hybridized carbons (Fsp3) is 0.312. The van der Waals surface area contributed by atoms with Gasteiger partial charge in [0.2, 0.25) is 5.91 Å². The number of primary amides is 1. The van der Waals surface area contributed by atoms with E-state index in [1.54, 1.807) is 18.2 Å². The molecule has 10 heteroatoms. The summed E-state index contributed by atoms with van der Waals surface area (Å²) in [5.74, 6) is -0.675. The van der Waals surface area contributed by atoms with E-state index in [4.69, 9.17) is 10.5 Å². The van der Waals surface area contributed by atoms with Gasteiger partial charge in [0.05, 0.1) is 11.6 Å². The van der Waals surface area contributed by atoms with Crippen molar-refractivity contribution in [2.75, 3.05) is 13.2 Å². The first-order valence-electron chi connectivity index (χ1n) is 7.86. The number of amides is 3. The lowest BCUT2D eigenvalue weighted by molar-refractivity contribution is -0.136. The zero-order valence-electron chi connectivity index (χ0n) is 13.6. The van der Waals surface area contributed by atoms with Crippen molar-refractivity contribution in [3.8, 4) is 5.75 Å². The van der Waals surface area contributed by atoms with E-state index < -0.39 is 23.6 Å². The van der Waals surface area contributed by atoms with Gasteiger partial charge in [-0.1, -0.05) is 12.1 Å². The number of aromatic nitrogens is 2. The molecule has 1 aromatic heterocycles. The standard InChI is InChI=1S/C16H16N4O6/c17-16(24)26-7-6-25-11-3-1-2-9-8-18-20(15(23)13(9)11)10-4-5-12(21)19-14(10)22/h1-3,8,10H,4-7H2,(H2,17,24)(H,19,21,22). The third-order valence-corrected chi connectivity index (χ3v) is 3.89. The Kier molecular flexibility index (Phi) is 4.83. The van der Waals surface area contributed by atoms with Gasteiger partial charge in [0, 0.05) is 11.8 Å². The number of ether oxygens (including phenoxy) is 2. The number of nitrogens with zero attached hydrogens (tertiary/aromatic N) is 2. The molecule has 3 rings (SSSR count). The number of nitrogens with one attached hydrogen (secondary N) is 1. The molecule has 3 amide bonds. The molecule has 1 aliphatic rings. The minimum atomic E-state index is -0.920. The molecule has 0 radical (unpaired) electrons. The predicted molar refractivity (Wildman–Crippen MR) is 88.5 cm³/mol. The molecular weight excluding hydrogens is 344 g/mol. The van der Waals surface area contributed by atoms with Crippen molar-refractivity contribution in [1.29, 1.82) is 0 Å². The maximum atomic E-state index is 12.9. The highest BCUT2D eigenvalue weighted by atomic mass is 16.6. The summed E-state index contributed by atoms with van der Waals surface area (Å²) in [4.78, 5) is 46.8. The van der Waals surface area contributed by atoms with Crippen molar-refractivity contribution < 1.29 is 23.9 Å². The molecule has 0 spiro atoms. The average Bonchev–Trinajstić information content (AvgIpc) is 2.59. The Morgan fingerprint density at radius 2 is 2.12 bits per heavy atom. The molecule has 26 heavy (non-hydrogen) atoms. The van der Waals surface area contributed by atoms with Crippen LogP contribution in [0.3, 0.4) is 0 Å². The van der Waals surface area contributed by atoms with Crippen LogP contribution in [0, 0.1) is 0 Å². The molecule has 0 bridgehead atoms. The van der Waals surface area contributed by atoms with Crippen molar-refractivity contribution in [1.82, 2.24) is 15.1 Å². The van der Waals surface area contributed by atoms with Crippen LogP contribution < -0.4 is 21.3 Å². The summed E-state index contributed by atoms with van der Waals surface area (Å²) >= 11 is 0. The van der Waals surface area contributed by atoms with Crippen molar-refractivity contribution in [3.63, 3.8) is 0 Å². The maximum absolute atomic E-state index is 12.9. The number of carbonyl (C=O) groups excluding carboxylic acids is 3. The van der Waals surface area contributed by atoms with Gasteiger partial charge in [-0.15, -0.1) is 0 Å². The van der Waals surface area contributed by atoms with Gasteiger partial charge in [0.15, 0.2) is 0 Å². The Balaban J connectivity index is 1.93. The van der Waals surface area contributed by atoms with Crippen molar-refractivity contribution >= 4 is 28.7 Å². The monoisotopic (exact) mass is 360 g/mol. The number of hydrogen-bond donors (Lipinski definition) is 2. The molecule has 1 aliphatic heterocycles. The molecule has 1 atom stereocenters. The van der Waals surface area contributed by atoms with Crippen LogP contribution in [0.4, 0.5) is 4.79 Å². The Morgan fingerprint density at radius 1 is 1.31 bits per heavy atom. The van der Waals surface area contributed by atoms with Gasteiger partial charge < -0.3 is 15.2 Å². The van der Waals surface area contributed by atoms with Crippen molar-refractivity contribution in [2.24, 2.45) is 5.73 Å². The first-order valence-corrected chi connectivity index (χ1v) is 7.86. The summed E-state index contributed by atoms with van der Waals surface area (Å²) < 4.78 is 11.1. The van der Waals surface area contributed by atoms with E-state index in [0.717, 1.165) is 4.68 Å². The van der Waals surface area contributed by atoms with Crippen molar-refractivity contribution in [2.45, 2.75) is 18.9 Å². The molecule has 1 fully saturated rings. The zero-order valence-corrected chi connectivity index (χ0v) is 13.6. The van der Waals surface area contributed by atoms with E-state index in [1.165, 1.54) is 6.20 Å². The molecule has 2 heterocycles. The van der Waals surface area contributed by atoms with Crippen molar-refractivity contribution in [3.05, 3.63) is 34.7 Å². The third kappa shape index (κ3) is 3.48. The first kappa shape index (κ1) is 17.4. The molecule has 0 saturated carbocycles. The molecule has 136 valence electrons. The van der Waals surface area contributed by atoms with Gasteiger partial charge in [-0.2, -0.15) is 5.10 Å². The Labute approximate surface area is 146 Å². The second-order valence-corrected chi connectivity index (χ2v) is 5.60. The van der Waals surface area contributed by atoms with Crippen LogP contribution in [-0.4, -0.2) is 40.9 Å². The lowest BCUT2D eigenvalue weighted by Crippen LogP contribution is -2.45. The topological polar surface area (TPSA) is 143 Å². The van der Waals surface area contributed by atoms with Crippen LogP contribution in [0.2, 0.25) is 0 Å². The van der Waals surface area contributed by atoms with E-state index in [1.807, 2.05) is 0 Å². The summed E-state index contributed by atoms with van der Waals surface area (Å²) in [5.41, 5.74) is 4.36. The van der Waals surface area contributed by atoms with Crippen LogP contribution >= 0.6 is 0 Å². The van der Waals surface area contributed by atoms with Gasteiger partial charge >= 0.3 is 6.09 Å². The molecule has 0 aliphatic carbocycles. The highest BCUT2D eigenvalue weighted by molar-refractivity contribution is 5.99. The number of piperidine rings is 1. The number of hydrogen-bond acceptors (Lipinski definition) is 7. The molecular formula is C16H16N4O6. The summed E-state index contributed by atoms with van der Waals surface area (Å²) in [6.07, 6.45) is 0.854. The average molecular weight is 360 g/mol. The van der Waals surface area contributed by atoms with Gasteiger partial charge in [0.25, 0.3) is 11.5 Å². The predicted octanol–water partition coefficient (Wildman–Crippen LogP) is -0.152. The minimum Gasteiger partial charge on any atom is -0.489 e. The highest BCUT2D eigenvalue weighted by Crippen LogP contribution is 2.23. The molecule has 1 saturated heterocycles. The van der Waals surface area contributed by atoms with Crippen LogP contribution in [0.15, 0.2) is 29.2 Å². The maximum Gasteiger partial charge on any atom is 0.404 e. The van der Waals surface area contributed by atoms with Gasteiger partial charge in [0.1, 0.15) is 25.0 Å². The Hall–Kier alpha value is -3.43. The SMILES string of the molecule is NC(=O)OCCOc1cccc2cnn(C3CCC(=O)NC3=O)c(=O)c12. The van der Waals surface area contributed by atoms with Crippen LogP contribution in [0.1, 0.15) is 18.9 Å².